The number of aliphatic hydroxyl groups excluding tert-OH is 1. The maximum Gasteiger partial charge on any atom is 0.166 e. The fraction of sp³-hybridized carbons (Fsp3) is 1.00. The first-order chi connectivity index (χ1) is 6.11. The third-order valence-electron chi connectivity index (χ3n) is 1.38. The van der Waals surface area contributed by atoms with Gasteiger partial charge in [0.15, 0.2) is 6.29 Å². The summed E-state index contributed by atoms with van der Waals surface area (Å²) >= 11 is 5.63. The van der Waals surface area contributed by atoms with Gasteiger partial charge in [0.05, 0.1) is 5.25 Å². The van der Waals surface area contributed by atoms with E-state index in [2.05, 4.69) is 12.6 Å². The highest BCUT2D eigenvalue weighted by atomic mass is 32.2. The van der Waals surface area contributed by atoms with Crippen molar-refractivity contribution in [3.8, 4) is 0 Å². The molecule has 3 nitrogen and oxygen atoms in total. The lowest BCUT2D eigenvalue weighted by atomic mass is 10.5. The Bertz CT molecular complexity index is 124. The molecule has 0 aromatic heterocycles. The van der Waals surface area contributed by atoms with E-state index in [0.29, 0.717) is 13.2 Å². The normalized spacial score (nSPS) is 18.2. The van der Waals surface area contributed by atoms with Crippen molar-refractivity contribution in [3.05, 3.63) is 0 Å². The largest absolute Gasteiger partial charge is 0.367 e. The number of hydrogen-bond acceptors (Lipinski definition) is 5. The summed E-state index contributed by atoms with van der Waals surface area (Å²) in [6.45, 7) is 6.78. The van der Waals surface area contributed by atoms with Crippen molar-refractivity contribution in [1.82, 2.24) is 0 Å². The van der Waals surface area contributed by atoms with E-state index in [9.17, 15) is 5.11 Å². The fourth-order valence-corrected chi connectivity index (χ4v) is 2.26. The maximum atomic E-state index is 9.40. The summed E-state index contributed by atoms with van der Waals surface area (Å²) < 4.78 is 10.0. The average Bonchev–Trinajstić information content (AvgIpc) is 2.05. The van der Waals surface area contributed by atoms with E-state index >= 15 is 0 Å². The van der Waals surface area contributed by atoms with Gasteiger partial charge in [-0.1, -0.05) is 0 Å². The number of aliphatic hydroxyl groups is 1. The van der Waals surface area contributed by atoms with Crippen molar-refractivity contribution in [1.29, 1.82) is 0 Å². The van der Waals surface area contributed by atoms with Gasteiger partial charge in [-0.05, 0) is 20.8 Å². The highest BCUT2D eigenvalue weighted by Crippen LogP contribution is 2.24. The molecule has 0 aliphatic carbocycles. The van der Waals surface area contributed by atoms with Crippen LogP contribution in [0.15, 0.2) is 0 Å². The summed E-state index contributed by atoms with van der Waals surface area (Å²) in [6.07, 6.45) is -0.745. The first-order valence-electron chi connectivity index (χ1n) is 4.36. The molecule has 0 fully saturated rings. The fourth-order valence-electron chi connectivity index (χ4n) is 0.739. The predicted octanol–water partition coefficient (Wildman–Crippen LogP) is 1.71. The zero-order chi connectivity index (χ0) is 10.3. The molecule has 3 unspecified atom stereocenters. The minimum atomic E-state index is -0.745. The van der Waals surface area contributed by atoms with Gasteiger partial charge in [0.25, 0.3) is 0 Å². The second-order valence-electron chi connectivity index (χ2n) is 2.45. The molecule has 0 heterocycles. The Labute approximate surface area is 89.6 Å². The van der Waals surface area contributed by atoms with Crippen LogP contribution in [0, 0.1) is 0 Å². The SMILES string of the molecule is CCOC(S)SC(C)C(O)OCC. The Hall–Kier alpha value is 0.580. The molecular formula is C8H18O3S2. The van der Waals surface area contributed by atoms with Crippen LogP contribution in [-0.4, -0.2) is 34.6 Å². The van der Waals surface area contributed by atoms with Crippen LogP contribution in [0.2, 0.25) is 0 Å². The minimum Gasteiger partial charge on any atom is -0.367 e. The molecule has 0 bridgehead atoms. The lowest BCUT2D eigenvalue weighted by Gasteiger charge is -2.20. The highest BCUT2D eigenvalue weighted by Gasteiger charge is 2.18. The van der Waals surface area contributed by atoms with Crippen LogP contribution in [-0.2, 0) is 9.47 Å². The van der Waals surface area contributed by atoms with Crippen LogP contribution in [0.4, 0.5) is 0 Å². The van der Waals surface area contributed by atoms with Crippen molar-refractivity contribution in [2.75, 3.05) is 13.2 Å². The summed E-state index contributed by atoms with van der Waals surface area (Å²) in [6, 6.07) is 0. The topological polar surface area (TPSA) is 38.7 Å². The maximum absolute atomic E-state index is 9.40. The second kappa shape index (κ2) is 7.94. The predicted molar refractivity (Wildman–Crippen MR) is 59.1 cm³/mol. The number of hydrogen-bond donors (Lipinski definition) is 2. The first kappa shape index (κ1) is 13.6. The van der Waals surface area contributed by atoms with Gasteiger partial charge in [-0.3, -0.25) is 0 Å². The molecular weight excluding hydrogens is 208 g/mol. The molecule has 0 rings (SSSR count). The Morgan fingerprint density at radius 1 is 1.31 bits per heavy atom. The summed E-state index contributed by atoms with van der Waals surface area (Å²) in [5.41, 5.74) is 0. The van der Waals surface area contributed by atoms with Crippen molar-refractivity contribution in [2.45, 2.75) is 37.1 Å². The molecule has 5 heteroatoms. The molecule has 1 N–H and O–H groups in total. The van der Waals surface area contributed by atoms with E-state index in [0.717, 1.165) is 0 Å². The number of thioether (sulfide) groups is 1. The molecule has 0 aliphatic heterocycles. The minimum absolute atomic E-state index is 0.0333. The van der Waals surface area contributed by atoms with Gasteiger partial charge in [0, 0.05) is 13.2 Å². The molecule has 0 aliphatic rings. The molecule has 0 saturated carbocycles. The molecule has 0 aromatic rings. The van der Waals surface area contributed by atoms with Gasteiger partial charge < -0.3 is 14.6 Å². The standard InChI is InChI=1S/C8H18O3S2/c1-4-10-7(9)6(3)13-8(12)11-5-2/h6-9,12H,4-5H2,1-3H3. The van der Waals surface area contributed by atoms with Crippen molar-refractivity contribution in [2.24, 2.45) is 0 Å². The third-order valence-corrected chi connectivity index (χ3v) is 2.92. The Morgan fingerprint density at radius 2 is 1.85 bits per heavy atom. The number of rotatable bonds is 7. The van der Waals surface area contributed by atoms with Gasteiger partial charge in [0.2, 0.25) is 0 Å². The summed E-state index contributed by atoms with van der Waals surface area (Å²) in [5.74, 6) is 0. The van der Waals surface area contributed by atoms with Gasteiger partial charge in [-0.15, -0.1) is 24.4 Å². The van der Waals surface area contributed by atoms with Crippen molar-refractivity contribution >= 4 is 24.4 Å². The summed E-state index contributed by atoms with van der Waals surface area (Å²) in [7, 11) is 0. The van der Waals surface area contributed by atoms with Crippen LogP contribution in [0.25, 0.3) is 0 Å². The van der Waals surface area contributed by atoms with Gasteiger partial charge in [0.1, 0.15) is 4.77 Å². The molecule has 3 atom stereocenters. The lowest BCUT2D eigenvalue weighted by Crippen LogP contribution is -2.25. The van der Waals surface area contributed by atoms with E-state index in [1.165, 1.54) is 11.8 Å². The number of thiol groups is 1. The van der Waals surface area contributed by atoms with E-state index in [-0.39, 0.29) is 10.0 Å². The number of ether oxygens (including phenoxy) is 2. The van der Waals surface area contributed by atoms with Crippen molar-refractivity contribution in [3.63, 3.8) is 0 Å². The van der Waals surface area contributed by atoms with Gasteiger partial charge in [-0.25, -0.2) is 0 Å². The highest BCUT2D eigenvalue weighted by molar-refractivity contribution is 8.10. The quantitative estimate of drug-likeness (QED) is 0.512. The van der Waals surface area contributed by atoms with E-state index in [4.69, 9.17) is 9.47 Å². The van der Waals surface area contributed by atoms with Crippen LogP contribution in [0.1, 0.15) is 20.8 Å². The van der Waals surface area contributed by atoms with Gasteiger partial charge >= 0.3 is 0 Å². The zero-order valence-electron chi connectivity index (χ0n) is 8.27. The molecule has 0 spiro atoms. The van der Waals surface area contributed by atoms with Crippen LogP contribution >= 0.6 is 24.4 Å². The Kier molecular flexibility index (Phi) is 8.29. The van der Waals surface area contributed by atoms with E-state index in [1.807, 2.05) is 20.8 Å². The third kappa shape index (κ3) is 6.62. The van der Waals surface area contributed by atoms with E-state index < -0.39 is 6.29 Å². The lowest BCUT2D eigenvalue weighted by molar-refractivity contribution is -0.0916. The molecule has 0 aromatic carbocycles. The molecule has 0 saturated heterocycles. The van der Waals surface area contributed by atoms with Crippen LogP contribution in [0.5, 0.6) is 0 Å². The summed E-state index contributed by atoms with van der Waals surface area (Å²) in [5, 5.41) is 9.37. The monoisotopic (exact) mass is 226 g/mol. The van der Waals surface area contributed by atoms with Gasteiger partial charge in [-0.2, -0.15) is 0 Å². The first-order valence-corrected chi connectivity index (χ1v) is 5.82. The zero-order valence-corrected chi connectivity index (χ0v) is 9.98. The van der Waals surface area contributed by atoms with E-state index in [1.54, 1.807) is 0 Å². The van der Waals surface area contributed by atoms with Crippen LogP contribution < -0.4 is 0 Å². The van der Waals surface area contributed by atoms with Crippen LogP contribution in [0.3, 0.4) is 0 Å². The molecule has 0 amide bonds. The Balaban J connectivity index is 3.64. The molecule has 13 heavy (non-hydrogen) atoms. The smallest absolute Gasteiger partial charge is 0.166 e. The summed E-state index contributed by atoms with van der Waals surface area (Å²) in [4.78, 5) is 0. The second-order valence-corrected chi connectivity index (χ2v) is 4.71. The molecule has 80 valence electrons. The average molecular weight is 226 g/mol. The Morgan fingerprint density at radius 3 is 2.31 bits per heavy atom. The van der Waals surface area contributed by atoms with Crippen molar-refractivity contribution < 1.29 is 14.6 Å². The molecule has 0 radical (unpaired) electrons.